The van der Waals surface area contributed by atoms with Crippen LogP contribution >= 0.6 is 0 Å². The highest BCUT2D eigenvalue weighted by Crippen LogP contribution is 2.05. The predicted octanol–water partition coefficient (Wildman–Crippen LogP) is 0.845. The van der Waals surface area contributed by atoms with E-state index in [1.165, 1.54) is 23.9 Å². The minimum Gasteiger partial charge on any atom is -0.269 e. The molecule has 0 aliphatic heterocycles. The molecular weight excluding hydrogens is 204 g/mol. The molecule has 0 aliphatic carbocycles. The summed E-state index contributed by atoms with van der Waals surface area (Å²) in [6.45, 7) is 1.98. The highest BCUT2D eigenvalue weighted by atomic mass is 16.2. The number of hydrogen-bond acceptors (Lipinski definition) is 2. The lowest BCUT2D eigenvalue weighted by Gasteiger charge is -2.06. The molecule has 0 saturated heterocycles. The van der Waals surface area contributed by atoms with Crippen molar-refractivity contribution in [3.63, 3.8) is 0 Å². The first-order valence-corrected chi connectivity index (χ1v) is 4.95. The molecule has 1 heterocycles. The lowest BCUT2D eigenvalue weighted by atomic mass is 10.2. The lowest BCUT2D eigenvalue weighted by Crippen LogP contribution is -2.36. The largest absolute Gasteiger partial charge is 0.335 e. The number of rotatable bonds is 1. The summed E-state index contributed by atoms with van der Waals surface area (Å²) < 4.78 is 2.53. The van der Waals surface area contributed by atoms with Gasteiger partial charge in [-0.15, -0.1) is 0 Å². The Morgan fingerprint density at radius 3 is 2.25 bits per heavy atom. The molecule has 0 atom stereocenters. The molecule has 0 saturated carbocycles. The Hall–Kier alpha value is -2.10. The quantitative estimate of drug-likeness (QED) is 0.709. The van der Waals surface area contributed by atoms with Gasteiger partial charge in [0.2, 0.25) is 0 Å². The molecule has 0 spiro atoms. The maximum atomic E-state index is 11.8. The second-order valence-electron chi connectivity index (χ2n) is 3.70. The van der Waals surface area contributed by atoms with Crippen LogP contribution in [0.4, 0.5) is 0 Å². The number of benzene rings is 1. The van der Waals surface area contributed by atoms with Crippen LogP contribution in [-0.2, 0) is 7.05 Å². The van der Waals surface area contributed by atoms with Crippen LogP contribution in [0.25, 0.3) is 5.69 Å². The highest BCUT2D eigenvalue weighted by molar-refractivity contribution is 5.33. The number of nitrogens with zero attached hydrogens (tertiary/aromatic N) is 2. The van der Waals surface area contributed by atoms with Crippen LogP contribution in [0.1, 0.15) is 5.56 Å². The van der Waals surface area contributed by atoms with Crippen molar-refractivity contribution in [2.45, 2.75) is 6.92 Å². The summed E-state index contributed by atoms with van der Waals surface area (Å²) in [7, 11) is 1.47. The van der Waals surface area contributed by atoms with Crippen molar-refractivity contribution in [1.29, 1.82) is 0 Å². The minimum atomic E-state index is -0.337. The summed E-state index contributed by atoms with van der Waals surface area (Å²) in [6.07, 6.45) is 1.50. The molecule has 0 aliphatic rings. The average Bonchev–Trinajstić information content (AvgIpc) is 2.28. The Bertz CT molecular complexity index is 621. The van der Waals surface area contributed by atoms with Gasteiger partial charge in [0.15, 0.2) is 0 Å². The van der Waals surface area contributed by atoms with E-state index in [0.717, 1.165) is 15.8 Å². The summed E-state index contributed by atoms with van der Waals surface area (Å²) in [5.74, 6) is 0. The van der Waals surface area contributed by atoms with Gasteiger partial charge >= 0.3 is 5.69 Å². The molecule has 0 fully saturated rings. The summed E-state index contributed by atoms with van der Waals surface area (Å²) in [5.41, 5.74) is 1.25. The monoisotopic (exact) mass is 216 g/mol. The van der Waals surface area contributed by atoms with E-state index in [2.05, 4.69) is 0 Å². The van der Waals surface area contributed by atoms with Crippen molar-refractivity contribution >= 4 is 0 Å². The van der Waals surface area contributed by atoms with Crippen LogP contribution in [0.2, 0.25) is 0 Å². The first-order chi connectivity index (χ1) is 7.59. The molecule has 0 bridgehead atoms. The van der Waals surface area contributed by atoms with E-state index in [-0.39, 0.29) is 11.2 Å². The van der Waals surface area contributed by atoms with Crippen LogP contribution in [0.3, 0.4) is 0 Å². The van der Waals surface area contributed by atoms with Crippen molar-refractivity contribution in [1.82, 2.24) is 9.13 Å². The van der Waals surface area contributed by atoms with Gasteiger partial charge in [0.25, 0.3) is 5.56 Å². The third kappa shape index (κ3) is 1.69. The molecule has 0 amide bonds. The summed E-state index contributed by atoms with van der Waals surface area (Å²) in [6, 6.07) is 8.92. The second kappa shape index (κ2) is 3.81. The molecule has 16 heavy (non-hydrogen) atoms. The van der Waals surface area contributed by atoms with Gasteiger partial charge in [-0.2, -0.15) is 0 Å². The average molecular weight is 216 g/mol. The number of aromatic nitrogens is 2. The summed E-state index contributed by atoms with van der Waals surface area (Å²) in [5, 5.41) is 0. The first kappa shape index (κ1) is 10.4. The third-order valence-electron chi connectivity index (χ3n) is 2.50. The van der Waals surface area contributed by atoms with Crippen LogP contribution < -0.4 is 11.2 Å². The topological polar surface area (TPSA) is 44.0 Å². The zero-order chi connectivity index (χ0) is 11.7. The predicted molar refractivity (Wildman–Crippen MR) is 62.0 cm³/mol. The van der Waals surface area contributed by atoms with Crippen LogP contribution in [-0.4, -0.2) is 9.13 Å². The van der Waals surface area contributed by atoms with Gasteiger partial charge < -0.3 is 0 Å². The third-order valence-corrected chi connectivity index (χ3v) is 2.50. The molecule has 4 nitrogen and oxygen atoms in total. The summed E-state index contributed by atoms with van der Waals surface area (Å²) >= 11 is 0. The molecule has 4 heteroatoms. The molecule has 2 aromatic rings. The van der Waals surface area contributed by atoms with Gasteiger partial charge in [-0.25, -0.2) is 4.79 Å². The lowest BCUT2D eigenvalue weighted by molar-refractivity contribution is 0.728. The van der Waals surface area contributed by atoms with Gasteiger partial charge in [-0.05, 0) is 19.1 Å². The fraction of sp³-hybridized carbons (Fsp3) is 0.167. The Morgan fingerprint density at radius 2 is 1.62 bits per heavy atom. The highest BCUT2D eigenvalue weighted by Gasteiger charge is 2.02. The molecule has 1 aromatic heterocycles. The molecule has 0 N–H and O–H groups in total. The SMILES string of the molecule is Cc1ccc(-n2ccc(=O)n(C)c2=O)cc1. The van der Waals surface area contributed by atoms with Crippen molar-refractivity contribution in [2.24, 2.45) is 7.05 Å². The minimum absolute atomic E-state index is 0.298. The Labute approximate surface area is 92.4 Å². The van der Waals surface area contributed by atoms with Crippen LogP contribution in [0.15, 0.2) is 46.1 Å². The molecule has 1 aromatic carbocycles. The molecule has 0 unspecified atom stereocenters. The van der Waals surface area contributed by atoms with Crippen molar-refractivity contribution in [3.05, 3.63) is 62.9 Å². The van der Waals surface area contributed by atoms with Crippen molar-refractivity contribution in [2.75, 3.05) is 0 Å². The van der Waals surface area contributed by atoms with Gasteiger partial charge in [0.1, 0.15) is 0 Å². The normalized spacial score (nSPS) is 10.4. The smallest absolute Gasteiger partial charge is 0.269 e. The fourth-order valence-electron chi connectivity index (χ4n) is 1.47. The molecule has 0 radical (unpaired) electrons. The molecule has 82 valence electrons. The van der Waals surface area contributed by atoms with E-state index in [1.807, 2.05) is 31.2 Å². The van der Waals surface area contributed by atoms with E-state index < -0.39 is 0 Å². The van der Waals surface area contributed by atoms with Crippen molar-refractivity contribution in [3.8, 4) is 5.69 Å². The van der Waals surface area contributed by atoms with E-state index in [1.54, 1.807) is 0 Å². The van der Waals surface area contributed by atoms with E-state index in [0.29, 0.717) is 0 Å². The number of hydrogen-bond donors (Lipinski definition) is 0. The van der Waals surface area contributed by atoms with Crippen LogP contribution in [0, 0.1) is 6.92 Å². The van der Waals surface area contributed by atoms with Crippen LogP contribution in [0.5, 0.6) is 0 Å². The molecule has 2 rings (SSSR count). The Kier molecular flexibility index (Phi) is 2.48. The van der Waals surface area contributed by atoms with E-state index in [4.69, 9.17) is 0 Å². The second-order valence-corrected chi connectivity index (χ2v) is 3.70. The zero-order valence-electron chi connectivity index (χ0n) is 9.18. The standard InChI is InChI=1S/C12H12N2O2/c1-9-3-5-10(6-4-9)14-8-7-11(15)13(2)12(14)16/h3-8H,1-2H3. The first-order valence-electron chi connectivity index (χ1n) is 4.95. The zero-order valence-corrected chi connectivity index (χ0v) is 9.18. The Balaban J connectivity index is 2.66. The van der Waals surface area contributed by atoms with Gasteiger partial charge in [-0.1, -0.05) is 17.7 Å². The maximum Gasteiger partial charge on any atom is 0.335 e. The van der Waals surface area contributed by atoms with E-state index >= 15 is 0 Å². The van der Waals surface area contributed by atoms with E-state index in [9.17, 15) is 9.59 Å². The summed E-state index contributed by atoms with van der Waals surface area (Å²) in [4.78, 5) is 23.0. The van der Waals surface area contributed by atoms with Gasteiger partial charge in [0, 0.05) is 19.3 Å². The fourth-order valence-corrected chi connectivity index (χ4v) is 1.47. The number of aryl methyl sites for hydroxylation is 1. The van der Waals surface area contributed by atoms with Gasteiger partial charge in [-0.3, -0.25) is 13.9 Å². The Morgan fingerprint density at radius 1 is 1.00 bits per heavy atom. The molecular formula is C12H12N2O2. The van der Waals surface area contributed by atoms with Crippen molar-refractivity contribution < 1.29 is 0 Å². The maximum absolute atomic E-state index is 11.8. The van der Waals surface area contributed by atoms with Gasteiger partial charge in [0.05, 0.1) is 5.69 Å².